The summed E-state index contributed by atoms with van der Waals surface area (Å²) in [5.41, 5.74) is 3.33. The molecular formula is C22H14F3N5S. The van der Waals surface area contributed by atoms with Gasteiger partial charge in [0, 0.05) is 34.5 Å². The van der Waals surface area contributed by atoms with Crippen LogP contribution in [0.2, 0.25) is 0 Å². The van der Waals surface area contributed by atoms with Crippen LogP contribution >= 0.6 is 11.3 Å². The highest BCUT2D eigenvalue weighted by Gasteiger charge is 2.35. The lowest BCUT2D eigenvalue weighted by atomic mass is 10.0. The van der Waals surface area contributed by atoms with Crippen molar-refractivity contribution in [2.45, 2.75) is 13.1 Å². The van der Waals surface area contributed by atoms with Crippen LogP contribution in [0.4, 0.5) is 13.2 Å². The van der Waals surface area contributed by atoms with E-state index < -0.39 is 11.9 Å². The molecule has 5 rings (SSSR count). The van der Waals surface area contributed by atoms with Gasteiger partial charge in [-0.3, -0.25) is 4.98 Å². The smallest absolute Gasteiger partial charge is 0.251 e. The highest BCUT2D eigenvalue weighted by Crippen LogP contribution is 2.35. The largest absolute Gasteiger partial charge is 0.434 e. The molecule has 0 aliphatic rings. The first-order chi connectivity index (χ1) is 14.9. The molecule has 0 saturated carbocycles. The molecule has 0 atom stereocenters. The summed E-state index contributed by atoms with van der Waals surface area (Å²) in [6, 6.07) is 12.0. The van der Waals surface area contributed by atoms with E-state index in [4.69, 9.17) is 0 Å². The lowest BCUT2D eigenvalue weighted by Gasteiger charge is -2.10. The molecule has 0 unspecified atom stereocenters. The number of fused-ring (bicyclic) bond motifs is 1. The van der Waals surface area contributed by atoms with Gasteiger partial charge in [-0.25, -0.2) is 14.5 Å². The number of nitrogens with zero attached hydrogens (tertiary/aromatic N) is 5. The fourth-order valence-electron chi connectivity index (χ4n) is 3.37. The molecule has 154 valence electrons. The molecule has 9 heteroatoms. The number of thiazole rings is 1. The summed E-state index contributed by atoms with van der Waals surface area (Å²) in [7, 11) is 0. The predicted molar refractivity (Wildman–Crippen MR) is 113 cm³/mol. The molecule has 0 N–H and O–H groups in total. The van der Waals surface area contributed by atoms with Gasteiger partial charge in [0.15, 0.2) is 11.3 Å². The van der Waals surface area contributed by atoms with Gasteiger partial charge in [0.2, 0.25) is 0 Å². The second kappa shape index (κ2) is 7.28. The Bertz CT molecular complexity index is 1390. The number of hydrogen-bond acceptors (Lipinski definition) is 5. The van der Waals surface area contributed by atoms with E-state index in [1.165, 1.54) is 22.7 Å². The Morgan fingerprint density at radius 1 is 0.935 bits per heavy atom. The van der Waals surface area contributed by atoms with E-state index in [1.54, 1.807) is 29.8 Å². The maximum absolute atomic E-state index is 13.3. The van der Waals surface area contributed by atoms with Crippen molar-refractivity contribution in [3.05, 3.63) is 77.7 Å². The van der Waals surface area contributed by atoms with Crippen LogP contribution in [0.15, 0.2) is 66.4 Å². The van der Waals surface area contributed by atoms with Gasteiger partial charge in [-0.05, 0) is 42.8 Å². The molecule has 0 aliphatic heterocycles. The Balaban J connectivity index is 1.59. The minimum absolute atomic E-state index is 0.0754. The van der Waals surface area contributed by atoms with Crippen molar-refractivity contribution in [2.75, 3.05) is 0 Å². The quantitative estimate of drug-likeness (QED) is 0.352. The lowest BCUT2D eigenvalue weighted by molar-refractivity contribution is -0.140. The van der Waals surface area contributed by atoms with Crippen LogP contribution in [0.3, 0.4) is 0 Å². The van der Waals surface area contributed by atoms with Crippen LogP contribution in [-0.2, 0) is 6.18 Å². The first-order valence-corrected chi connectivity index (χ1v) is 10.2. The number of alkyl halides is 3. The summed E-state index contributed by atoms with van der Waals surface area (Å²) in [4.78, 5) is 12.5. The number of pyridine rings is 1. The molecule has 0 amide bonds. The number of rotatable bonds is 3. The van der Waals surface area contributed by atoms with Gasteiger partial charge in [0.05, 0.1) is 17.6 Å². The third-order valence-corrected chi connectivity index (χ3v) is 5.67. The second-order valence-corrected chi connectivity index (χ2v) is 7.81. The molecule has 0 fully saturated rings. The van der Waals surface area contributed by atoms with Crippen molar-refractivity contribution < 1.29 is 13.2 Å². The molecule has 5 aromatic rings. The van der Waals surface area contributed by atoms with E-state index >= 15 is 0 Å². The highest BCUT2D eigenvalue weighted by molar-refractivity contribution is 7.13. The Morgan fingerprint density at radius 2 is 1.81 bits per heavy atom. The Labute approximate surface area is 178 Å². The first kappa shape index (κ1) is 19.4. The molecule has 0 spiro atoms. The molecule has 31 heavy (non-hydrogen) atoms. The third-order valence-electron chi connectivity index (χ3n) is 4.87. The third kappa shape index (κ3) is 3.57. The molecule has 0 bridgehead atoms. The summed E-state index contributed by atoms with van der Waals surface area (Å²) >= 11 is 1.56. The van der Waals surface area contributed by atoms with E-state index in [0.717, 1.165) is 27.9 Å². The van der Waals surface area contributed by atoms with E-state index in [1.807, 2.05) is 30.5 Å². The SMILES string of the molecule is Cc1ccc(-c2cn3nc(-c4cccnc4C(F)(F)F)ccc3n2)cc1-c1nccs1. The zero-order valence-corrected chi connectivity index (χ0v) is 16.9. The number of hydrogen-bond donors (Lipinski definition) is 0. The maximum atomic E-state index is 13.3. The summed E-state index contributed by atoms with van der Waals surface area (Å²) in [5.74, 6) is 0. The lowest BCUT2D eigenvalue weighted by Crippen LogP contribution is -2.10. The second-order valence-electron chi connectivity index (χ2n) is 6.91. The highest BCUT2D eigenvalue weighted by atomic mass is 32.1. The van der Waals surface area contributed by atoms with Crippen LogP contribution in [-0.4, -0.2) is 24.6 Å². The van der Waals surface area contributed by atoms with Gasteiger partial charge in [-0.2, -0.15) is 18.3 Å². The Hall–Kier alpha value is -3.59. The van der Waals surface area contributed by atoms with Crippen LogP contribution in [0, 0.1) is 6.92 Å². The minimum atomic E-state index is -4.57. The number of halogens is 3. The van der Waals surface area contributed by atoms with Crippen molar-refractivity contribution in [1.82, 2.24) is 24.6 Å². The first-order valence-electron chi connectivity index (χ1n) is 9.30. The summed E-state index contributed by atoms with van der Waals surface area (Å²) < 4.78 is 41.5. The number of aryl methyl sites for hydroxylation is 1. The molecule has 0 saturated heterocycles. The van der Waals surface area contributed by atoms with E-state index in [0.29, 0.717) is 11.3 Å². The van der Waals surface area contributed by atoms with Gasteiger partial charge >= 0.3 is 6.18 Å². The normalized spacial score (nSPS) is 11.9. The number of benzene rings is 1. The molecule has 0 radical (unpaired) electrons. The zero-order chi connectivity index (χ0) is 21.6. The van der Waals surface area contributed by atoms with Crippen LogP contribution < -0.4 is 0 Å². The summed E-state index contributed by atoms with van der Waals surface area (Å²) in [6.45, 7) is 2.02. The topological polar surface area (TPSA) is 56.0 Å². The minimum Gasteiger partial charge on any atom is -0.251 e. The van der Waals surface area contributed by atoms with E-state index in [2.05, 4.69) is 20.1 Å². The van der Waals surface area contributed by atoms with E-state index in [-0.39, 0.29) is 11.3 Å². The van der Waals surface area contributed by atoms with Gasteiger partial charge < -0.3 is 0 Å². The Morgan fingerprint density at radius 3 is 2.58 bits per heavy atom. The van der Waals surface area contributed by atoms with Gasteiger partial charge in [-0.15, -0.1) is 11.3 Å². The van der Waals surface area contributed by atoms with Crippen molar-refractivity contribution in [1.29, 1.82) is 0 Å². The molecule has 1 aromatic carbocycles. The maximum Gasteiger partial charge on any atom is 0.434 e. The van der Waals surface area contributed by atoms with Crippen molar-refractivity contribution >= 4 is 17.0 Å². The molecular weight excluding hydrogens is 423 g/mol. The van der Waals surface area contributed by atoms with Crippen molar-refractivity contribution in [3.8, 4) is 33.1 Å². The fraction of sp³-hybridized carbons (Fsp3) is 0.0909. The Kier molecular flexibility index (Phi) is 4.55. The summed E-state index contributed by atoms with van der Waals surface area (Å²) in [6.07, 6.45) is 0.0218. The van der Waals surface area contributed by atoms with Gasteiger partial charge in [0.1, 0.15) is 5.01 Å². The predicted octanol–water partition coefficient (Wildman–Crippen LogP) is 5.91. The van der Waals surface area contributed by atoms with Crippen LogP contribution in [0.25, 0.3) is 38.7 Å². The van der Waals surface area contributed by atoms with Gasteiger partial charge in [0.25, 0.3) is 0 Å². The molecule has 5 nitrogen and oxygen atoms in total. The zero-order valence-electron chi connectivity index (χ0n) is 16.1. The van der Waals surface area contributed by atoms with Crippen LogP contribution in [0.5, 0.6) is 0 Å². The monoisotopic (exact) mass is 437 g/mol. The number of aromatic nitrogens is 5. The molecule has 4 heterocycles. The molecule has 4 aromatic heterocycles. The van der Waals surface area contributed by atoms with Gasteiger partial charge in [-0.1, -0.05) is 12.1 Å². The standard InChI is InChI=1S/C22H14F3N5S/c1-13-4-5-14(11-16(13)21-27-9-10-31-21)18-12-30-19(28-18)7-6-17(29-30)15-3-2-8-26-20(15)22(23,24)25/h2-12H,1H3. The summed E-state index contributed by atoms with van der Waals surface area (Å²) in [5, 5.41) is 7.20. The van der Waals surface area contributed by atoms with Crippen molar-refractivity contribution in [3.63, 3.8) is 0 Å². The van der Waals surface area contributed by atoms with E-state index in [9.17, 15) is 13.2 Å². The number of imidazole rings is 1. The van der Waals surface area contributed by atoms with Crippen LogP contribution in [0.1, 0.15) is 11.3 Å². The average molecular weight is 437 g/mol. The average Bonchev–Trinajstić information content (AvgIpc) is 3.43. The molecule has 0 aliphatic carbocycles. The van der Waals surface area contributed by atoms with Crippen molar-refractivity contribution in [2.24, 2.45) is 0 Å². The fourth-order valence-corrected chi connectivity index (χ4v) is 4.09.